The fourth-order valence-electron chi connectivity index (χ4n) is 12.1. The van der Waals surface area contributed by atoms with Crippen LogP contribution in [0.4, 0.5) is 17.1 Å². The van der Waals surface area contributed by atoms with Crippen LogP contribution in [0.1, 0.15) is 25.0 Å². The zero-order chi connectivity index (χ0) is 50.0. The van der Waals surface area contributed by atoms with Crippen LogP contribution in [0.5, 0.6) is 0 Å². The molecule has 0 fully saturated rings. The van der Waals surface area contributed by atoms with Crippen molar-refractivity contribution in [2.24, 2.45) is 0 Å². The molecule has 0 atom stereocenters. The van der Waals surface area contributed by atoms with E-state index in [1.165, 1.54) is 110 Å². The van der Waals surface area contributed by atoms with Gasteiger partial charge in [-0.25, -0.2) is 0 Å². The number of benzene rings is 12. The summed E-state index contributed by atoms with van der Waals surface area (Å²) in [6, 6.07) is 103. The molecular weight excluding hydrogens is 905 g/mol. The molecule has 0 amide bonds. The molecule has 0 saturated carbocycles. The van der Waals surface area contributed by atoms with Gasteiger partial charge in [-0.3, -0.25) is 0 Å². The Morgan fingerprint density at radius 3 is 1.43 bits per heavy atom. The predicted molar refractivity (Wildman–Crippen MR) is 318 cm³/mol. The number of anilines is 3. The molecule has 2 heteroatoms. The van der Waals surface area contributed by atoms with Gasteiger partial charge in [-0.05, 0) is 138 Å². The van der Waals surface area contributed by atoms with E-state index in [0.717, 1.165) is 22.7 Å². The molecule has 0 bridgehead atoms. The molecule has 1 aliphatic carbocycles. The molecule has 0 unspecified atom stereocenters. The number of fused-ring (bicyclic) bond motifs is 7. The molecular formula is C73H52N2. The summed E-state index contributed by atoms with van der Waals surface area (Å²) in [6.07, 6.45) is 0. The van der Waals surface area contributed by atoms with Crippen LogP contribution in [-0.4, -0.2) is 4.57 Å². The van der Waals surface area contributed by atoms with Gasteiger partial charge in [0.15, 0.2) is 0 Å². The maximum atomic E-state index is 2.53. The van der Waals surface area contributed by atoms with Crippen molar-refractivity contribution in [3.05, 3.63) is 290 Å². The van der Waals surface area contributed by atoms with Crippen LogP contribution < -0.4 is 4.90 Å². The van der Waals surface area contributed by atoms with E-state index in [1.807, 2.05) is 0 Å². The highest BCUT2D eigenvalue weighted by Crippen LogP contribution is 2.53. The quantitative estimate of drug-likeness (QED) is 0.140. The van der Waals surface area contributed by atoms with Gasteiger partial charge < -0.3 is 9.47 Å². The first kappa shape index (κ1) is 44.2. The van der Waals surface area contributed by atoms with Gasteiger partial charge >= 0.3 is 0 Å². The second kappa shape index (κ2) is 17.9. The van der Waals surface area contributed by atoms with Crippen molar-refractivity contribution in [2.45, 2.75) is 19.3 Å². The fourth-order valence-corrected chi connectivity index (χ4v) is 12.1. The fraction of sp³-hybridized carbons (Fsp3) is 0.0411. The highest BCUT2D eigenvalue weighted by Gasteiger charge is 2.37. The van der Waals surface area contributed by atoms with Crippen LogP contribution in [0.25, 0.3) is 105 Å². The van der Waals surface area contributed by atoms with Gasteiger partial charge in [0.05, 0.1) is 11.2 Å². The monoisotopic (exact) mass is 956 g/mol. The van der Waals surface area contributed by atoms with Crippen molar-refractivity contribution in [1.29, 1.82) is 0 Å². The van der Waals surface area contributed by atoms with Gasteiger partial charge in [0, 0.05) is 44.5 Å². The van der Waals surface area contributed by atoms with Crippen molar-refractivity contribution < 1.29 is 0 Å². The molecule has 0 aliphatic heterocycles. The molecule has 13 aromatic rings. The Balaban J connectivity index is 0.900. The Morgan fingerprint density at radius 2 is 0.800 bits per heavy atom. The summed E-state index contributed by atoms with van der Waals surface area (Å²) in [7, 11) is 0. The van der Waals surface area contributed by atoms with Crippen LogP contribution >= 0.6 is 0 Å². The summed E-state index contributed by atoms with van der Waals surface area (Å²) in [5.74, 6) is 0. The first-order valence-corrected chi connectivity index (χ1v) is 26.1. The molecule has 1 heterocycles. The van der Waals surface area contributed by atoms with E-state index in [9.17, 15) is 0 Å². The molecule has 0 saturated heterocycles. The minimum absolute atomic E-state index is 0.269. The molecule has 0 spiro atoms. The SMILES string of the molecule is CC1(C)c2cc(-c3cccc4c3ccc3c(-c5ccccc5)c(-c5ccccc5)n(-c5ccc6ccccc6c5)c34)ccc2-c2ccc(N(c3ccc(-c4ccccc4)cc3)c3ccc(-c4ccccc4)cc3)cc21. The van der Waals surface area contributed by atoms with Gasteiger partial charge in [0.25, 0.3) is 0 Å². The lowest BCUT2D eigenvalue weighted by Gasteiger charge is -2.28. The summed E-state index contributed by atoms with van der Waals surface area (Å²) in [5, 5.41) is 6.12. The summed E-state index contributed by atoms with van der Waals surface area (Å²) in [4.78, 5) is 2.41. The zero-order valence-corrected chi connectivity index (χ0v) is 42.0. The highest BCUT2D eigenvalue weighted by molar-refractivity contribution is 6.18. The lowest BCUT2D eigenvalue weighted by molar-refractivity contribution is 0.660. The third kappa shape index (κ3) is 7.48. The Hall–Kier alpha value is -9.50. The third-order valence-corrected chi connectivity index (χ3v) is 15.8. The average Bonchev–Trinajstić information content (AvgIpc) is 3.98. The second-order valence-corrected chi connectivity index (χ2v) is 20.5. The maximum Gasteiger partial charge on any atom is 0.0620 e. The van der Waals surface area contributed by atoms with Crippen LogP contribution in [0.15, 0.2) is 279 Å². The van der Waals surface area contributed by atoms with Gasteiger partial charge in [-0.2, -0.15) is 0 Å². The van der Waals surface area contributed by atoms with Gasteiger partial charge in [0.1, 0.15) is 0 Å². The number of nitrogens with zero attached hydrogens (tertiary/aromatic N) is 2. The van der Waals surface area contributed by atoms with Crippen LogP contribution in [0, 0.1) is 0 Å². The van der Waals surface area contributed by atoms with Crippen molar-refractivity contribution >= 4 is 49.5 Å². The van der Waals surface area contributed by atoms with Crippen molar-refractivity contribution in [1.82, 2.24) is 4.57 Å². The lowest BCUT2D eigenvalue weighted by atomic mass is 9.81. The standard InChI is InChI=1S/C73H52N2/c1-73(2)68-47-57(35-42-64(68)65-43-41-61(48-69(65)73)74(58-36-30-52(31-37-58)49-18-7-3-8-19-49)59-38-32-53(33-39-59)50-20-9-4-10-21-50)62-28-17-29-66-63(62)44-45-67-70(54-23-11-5-12-24-54)71(55-25-13-6-14-26-55)75(72(66)67)60-40-34-51-22-15-16-27-56(51)46-60/h3-48H,1-2H3. The van der Waals surface area contributed by atoms with E-state index in [4.69, 9.17) is 0 Å². The largest absolute Gasteiger partial charge is 0.310 e. The number of aromatic nitrogens is 1. The number of hydrogen-bond donors (Lipinski definition) is 0. The van der Waals surface area contributed by atoms with E-state index in [0.29, 0.717) is 0 Å². The summed E-state index contributed by atoms with van der Waals surface area (Å²) < 4.78 is 2.53. The molecule has 2 nitrogen and oxygen atoms in total. The smallest absolute Gasteiger partial charge is 0.0620 e. The van der Waals surface area contributed by atoms with E-state index in [2.05, 4.69) is 302 Å². The zero-order valence-electron chi connectivity index (χ0n) is 42.0. The topological polar surface area (TPSA) is 8.17 Å². The van der Waals surface area contributed by atoms with Crippen LogP contribution in [-0.2, 0) is 5.41 Å². The van der Waals surface area contributed by atoms with Crippen LogP contribution in [0.2, 0.25) is 0 Å². The number of hydrogen-bond acceptors (Lipinski definition) is 1. The molecule has 14 rings (SSSR count). The predicted octanol–water partition coefficient (Wildman–Crippen LogP) is 20.0. The first-order chi connectivity index (χ1) is 37.0. The molecule has 12 aromatic carbocycles. The summed E-state index contributed by atoms with van der Waals surface area (Å²) in [5.41, 5.74) is 22.7. The minimum atomic E-state index is -0.269. The lowest BCUT2D eigenvalue weighted by Crippen LogP contribution is -2.16. The normalized spacial score (nSPS) is 12.5. The summed E-state index contributed by atoms with van der Waals surface area (Å²) in [6.45, 7) is 4.80. The average molecular weight is 957 g/mol. The van der Waals surface area contributed by atoms with E-state index < -0.39 is 0 Å². The van der Waals surface area contributed by atoms with Gasteiger partial charge in [-0.1, -0.05) is 238 Å². The van der Waals surface area contributed by atoms with E-state index in [-0.39, 0.29) is 5.41 Å². The van der Waals surface area contributed by atoms with Crippen molar-refractivity contribution in [2.75, 3.05) is 4.90 Å². The Bertz CT molecular complexity index is 4180. The Morgan fingerprint density at radius 1 is 0.307 bits per heavy atom. The van der Waals surface area contributed by atoms with Crippen LogP contribution in [0.3, 0.4) is 0 Å². The first-order valence-electron chi connectivity index (χ1n) is 26.1. The summed E-state index contributed by atoms with van der Waals surface area (Å²) >= 11 is 0. The number of rotatable bonds is 9. The Labute approximate surface area is 438 Å². The highest BCUT2D eigenvalue weighted by atomic mass is 15.1. The van der Waals surface area contributed by atoms with Crippen molar-refractivity contribution in [3.63, 3.8) is 0 Å². The second-order valence-electron chi connectivity index (χ2n) is 20.5. The Kier molecular flexibility index (Phi) is 10.6. The maximum absolute atomic E-state index is 2.53. The van der Waals surface area contributed by atoms with Crippen molar-refractivity contribution in [3.8, 4) is 72.6 Å². The molecule has 0 radical (unpaired) electrons. The molecule has 0 N–H and O–H groups in total. The minimum Gasteiger partial charge on any atom is -0.310 e. The molecule has 75 heavy (non-hydrogen) atoms. The van der Waals surface area contributed by atoms with E-state index in [1.54, 1.807) is 0 Å². The molecule has 1 aromatic heterocycles. The third-order valence-electron chi connectivity index (χ3n) is 15.8. The molecule has 354 valence electrons. The van der Waals surface area contributed by atoms with Gasteiger partial charge in [0.2, 0.25) is 0 Å². The van der Waals surface area contributed by atoms with Gasteiger partial charge in [-0.15, -0.1) is 0 Å². The van der Waals surface area contributed by atoms with E-state index >= 15 is 0 Å². The molecule has 1 aliphatic rings.